The molecule has 3 aromatic carbocycles. The number of benzene rings is 3. The van der Waals surface area contributed by atoms with Gasteiger partial charge in [-0.05, 0) is 67.8 Å². The molecule has 0 atom stereocenters. The van der Waals surface area contributed by atoms with Crippen LogP contribution in [-0.2, 0) is 13.2 Å². The lowest BCUT2D eigenvalue weighted by Gasteiger charge is -2.09. The van der Waals surface area contributed by atoms with Crippen molar-refractivity contribution in [3.05, 3.63) is 110 Å². The van der Waals surface area contributed by atoms with E-state index >= 15 is 0 Å². The Labute approximate surface area is 201 Å². The van der Waals surface area contributed by atoms with Gasteiger partial charge in [0, 0.05) is 17.3 Å². The zero-order chi connectivity index (χ0) is 22.5. The highest BCUT2D eigenvalue weighted by Gasteiger charge is 2.13. The fraction of sp³-hybridized carbons (Fsp3) is 0.0833. The molecule has 1 heterocycles. The van der Waals surface area contributed by atoms with Crippen LogP contribution in [0.1, 0.15) is 21.5 Å². The van der Waals surface area contributed by atoms with Crippen LogP contribution in [0.3, 0.4) is 0 Å². The van der Waals surface area contributed by atoms with E-state index in [0.29, 0.717) is 28.0 Å². The molecule has 0 spiro atoms. The number of nitrogens with zero attached hydrogens (tertiary/aromatic N) is 2. The van der Waals surface area contributed by atoms with Gasteiger partial charge in [-0.1, -0.05) is 42.5 Å². The highest BCUT2D eigenvalue weighted by molar-refractivity contribution is 9.11. The maximum absolute atomic E-state index is 13.9. The first-order valence-corrected chi connectivity index (χ1v) is 11.3. The lowest BCUT2D eigenvalue weighted by atomic mass is 10.1. The number of amides is 1. The van der Waals surface area contributed by atoms with Crippen LogP contribution in [0.15, 0.2) is 87.9 Å². The number of ether oxygens (including phenoxy) is 1. The smallest absolute Gasteiger partial charge is 0.256 e. The molecular formula is C24H18Br2FN3O2. The summed E-state index contributed by atoms with van der Waals surface area (Å²) < 4.78 is 22.8. The minimum absolute atomic E-state index is 0.257. The zero-order valence-electron chi connectivity index (χ0n) is 16.8. The van der Waals surface area contributed by atoms with Crippen LogP contribution in [0.4, 0.5) is 10.2 Å². The minimum Gasteiger partial charge on any atom is -0.488 e. The Bertz CT molecular complexity index is 1240. The van der Waals surface area contributed by atoms with Gasteiger partial charge in [0.25, 0.3) is 5.91 Å². The number of halogens is 3. The summed E-state index contributed by atoms with van der Waals surface area (Å²) in [7, 11) is 0. The van der Waals surface area contributed by atoms with Gasteiger partial charge in [-0.25, -0.2) is 4.39 Å². The molecule has 4 rings (SSSR count). The van der Waals surface area contributed by atoms with Gasteiger partial charge in [-0.3, -0.25) is 9.48 Å². The van der Waals surface area contributed by atoms with E-state index in [1.54, 1.807) is 41.2 Å². The molecule has 0 aliphatic carbocycles. The van der Waals surface area contributed by atoms with E-state index in [0.717, 1.165) is 15.8 Å². The molecule has 5 nitrogen and oxygen atoms in total. The predicted octanol–water partition coefficient (Wildman–Crippen LogP) is 6.43. The average Bonchev–Trinajstić information content (AvgIpc) is 3.13. The van der Waals surface area contributed by atoms with Crippen molar-refractivity contribution in [3.8, 4) is 5.75 Å². The van der Waals surface area contributed by atoms with Crippen LogP contribution < -0.4 is 10.1 Å². The molecule has 32 heavy (non-hydrogen) atoms. The molecule has 1 amide bonds. The van der Waals surface area contributed by atoms with Gasteiger partial charge in [0.05, 0.1) is 15.5 Å². The maximum Gasteiger partial charge on any atom is 0.256 e. The molecule has 0 aliphatic rings. The summed E-state index contributed by atoms with van der Waals surface area (Å²) in [4.78, 5) is 12.6. The Morgan fingerprint density at radius 2 is 1.69 bits per heavy atom. The first kappa shape index (κ1) is 22.2. The van der Waals surface area contributed by atoms with Crippen LogP contribution in [0, 0.1) is 5.82 Å². The molecule has 0 bridgehead atoms. The van der Waals surface area contributed by atoms with Gasteiger partial charge in [-0.2, -0.15) is 5.10 Å². The Morgan fingerprint density at radius 3 is 2.44 bits per heavy atom. The van der Waals surface area contributed by atoms with Crippen molar-refractivity contribution in [1.82, 2.24) is 9.78 Å². The van der Waals surface area contributed by atoms with Crippen molar-refractivity contribution in [2.24, 2.45) is 0 Å². The van der Waals surface area contributed by atoms with Gasteiger partial charge >= 0.3 is 0 Å². The summed E-state index contributed by atoms with van der Waals surface area (Å²) in [6.45, 7) is 0.643. The lowest BCUT2D eigenvalue weighted by Crippen LogP contribution is -2.13. The van der Waals surface area contributed by atoms with E-state index in [9.17, 15) is 9.18 Å². The molecule has 0 fully saturated rings. The number of carbonyl (C=O) groups excluding carboxylic acids is 1. The number of hydrogen-bond acceptors (Lipinski definition) is 3. The number of aromatic nitrogens is 2. The van der Waals surface area contributed by atoms with Crippen molar-refractivity contribution in [1.29, 1.82) is 0 Å². The number of anilines is 1. The fourth-order valence-electron chi connectivity index (χ4n) is 3.02. The molecule has 1 N–H and O–H groups in total. The quantitative estimate of drug-likeness (QED) is 0.284. The first-order valence-electron chi connectivity index (χ1n) is 9.73. The molecule has 0 radical (unpaired) electrons. The number of carbonyl (C=O) groups is 1. The summed E-state index contributed by atoms with van der Waals surface area (Å²) in [6.07, 6.45) is 1.70. The van der Waals surface area contributed by atoms with Crippen LogP contribution in [0.25, 0.3) is 0 Å². The molecule has 8 heteroatoms. The third-order valence-electron chi connectivity index (χ3n) is 4.69. The van der Waals surface area contributed by atoms with Gasteiger partial charge in [0.1, 0.15) is 18.2 Å². The highest BCUT2D eigenvalue weighted by Crippen LogP contribution is 2.25. The first-order chi connectivity index (χ1) is 15.5. The molecule has 0 unspecified atom stereocenters. The Morgan fingerprint density at radius 1 is 0.969 bits per heavy atom. The van der Waals surface area contributed by atoms with Crippen molar-refractivity contribution in [3.63, 3.8) is 0 Å². The Hall–Kier alpha value is -2.97. The second-order valence-electron chi connectivity index (χ2n) is 6.98. The normalized spacial score (nSPS) is 10.7. The van der Waals surface area contributed by atoms with Gasteiger partial charge in [0.15, 0.2) is 5.82 Å². The van der Waals surface area contributed by atoms with Crippen LogP contribution in [-0.4, -0.2) is 15.7 Å². The van der Waals surface area contributed by atoms with E-state index < -0.39 is 0 Å². The van der Waals surface area contributed by atoms with Crippen molar-refractivity contribution < 1.29 is 13.9 Å². The molecule has 162 valence electrons. The average molecular weight is 559 g/mol. The molecule has 0 saturated carbocycles. The standard InChI is InChI=1S/C24H18Br2FN3O2/c25-19-6-2-4-8-22(19)32-15-16-9-11-17(12-10-16)24(31)28-23-20(26)14-30(29-23)13-18-5-1-3-7-21(18)27/h1-12,14H,13,15H2,(H,28,29,31). The van der Waals surface area contributed by atoms with Gasteiger partial charge in [-0.15, -0.1) is 0 Å². The number of hydrogen-bond donors (Lipinski definition) is 1. The monoisotopic (exact) mass is 557 g/mol. The van der Waals surface area contributed by atoms with E-state index in [1.807, 2.05) is 36.4 Å². The number of nitrogens with one attached hydrogen (secondary N) is 1. The summed E-state index contributed by atoms with van der Waals surface area (Å²) in [5.74, 6) is 0.534. The van der Waals surface area contributed by atoms with Crippen molar-refractivity contribution >= 4 is 43.6 Å². The van der Waals surface area contributed by atoms with Crippen molar-refractivity contribution in [2.45, 2.75) is 13.2 Å². The summed E-state index contributed by atoms with van der Waals surface area (Å²) in [5.41, 5.74) is 1.94. The molecule has 0 aliphatic heterocycles. The summed E-state index contributed by atoms with van der Waals surface area (Å²) >= 11 is 6.85. The Balaban J connectivity index is 1.38. The molecule has 4 aromatic rings. The van der Waals surface area contributed by atoms with Crippen molar-refractivity contribution in [2.75, 3.05) is 5.32 Å². The second-order valence-corrected chi connectivity index (χ2v) is 8.69. The summed E-state index contributed by atoms with van der Waals surface area (Å²) in [5, 5.41) is 7.13. The minimum atomic E-state index is -0.298. The lowest BCUT2D eigenvalue weighted by molar-refractivity contribution is 0.102. The summed E-state index contributed by atoms with van der Waals surface area (Å²) in [6, 6.07) is 21.3. The van der Waals surface area contributed by atoms with Crippen LogP contribution in [0.2, 0.25) is 0 Å². The third-order valence-corrected chi connectivity index (χ3v) is 5.92. The maximum atomic E-state index is 13.9. The zero-order valence-corrected chi connectivity index (χ0v) is 19.9. The largest absolute Gasteiger partial charge is 0.488 e. The van der Waals surface area contributed by atoms with Crippen LogP contribution >= 0.6 is 31.9 Å². The van der Waals surface area contributed by atoms with E-state index in [4.69, 9.17) is 4.74 Å². The second kappa shape index (κ2) is 10.1. The molecular weight excluding hydrogens is 541 g/mol. The third kappa shape index (κ3) is 5.44. The topological polar surface area (TPSA) is 56.2 Å². The highest BCUT2D eigenvalue weighted by atomic mass is 79.9. The predicted molar refractivity (Wildman–Crippen MR) is 128 cm³/mol. The van der Waals surface area contributed by atoms with Gasteiger partial charge < -0.3 is 10.1 Å². The number of para-hydroxylation sites is 1. The fourth-order valence-corrected chi connectivity index (χ4v) is 3.83. The van der Waals surface area contributed by atoms with E-state index in [2.05, 4.69) is 42.3 Å². The molecule has 1 aromatic heterocycles. The van der Waals surface area contributed by atoms with Gasteiger partial charge in [0.2, 0.25) is 0 Å². The molecule has 0 saturated heterocycles. The SMILES string of the molecule is O=C(Nc1nn(Cc2ccccc2F)cc1Br)c1ccc(COc2ccccc2Br)cc1. The van der Waals surface area contributed by atoms with Crippen LogP contribution in [0.5, 0.6) is 5.75 Å². The number of rotatable bonds is 7. The Kier molecular flexibility index (Phi) is 7.02. The van der Waals surface area contributed by atoms with E-state index in [-0.39, 0.29) is 18.3 Å². The van der Waals surface area contributed by atoms with E-state index in [1.165, 1.54) is 6.07 Å².